The molecule has 1 rings (SSSR count). The molecule has 0 amide bonds. The second-order valence-electron chi connectivity index (χ2n) is 8.69. The number of likely N-dealkylation sites (tertiary alicyclic amines) is 1. The molecular formula is C24H45NO. The molecule has 1 heterocycles. The van der Waals surface area contributed by atoms with Crippen molar-refractivity contribution in [1.82, 2.24) is 4.90 Å². The van der Waals surface area contributed by atoms with Crippen molar-refractivity contribution in [3.63, 3.8) is 0 Å². The molecule has 0 aromatic carbocycles. The first-order chi connectivity index (χ1) is 12.7. The van der Waals surface area contributed by atoms with Crippen LogP contribution in [0.4, 0.5) is 0 Å². The highest BCUT2D eigenvalue weighted by molar-refractivity contribution is 5.52. The minimum absolute atomic E-state index is 0.196. The molecule has 0 saturated carbocycles. The van der Waals surface area contributed by atoms with Gasteiger partial charge in [-0.15, -0.1) is 0 Å². The van der Waals surface area contributed by atoms with Gasteiger partial charge in [-0.2, -0.15) is 0 Å². The molecule has 152 valence electrons. The number of allylic oxidation sites excluding steroid dienone is 2. The van der Waals surface area contributed by atoms with E-state index in [1.165, 1.54) is 90.1 Å². The van der Waals surface area contributed by atoms with E-state index in [1.807, 2.05) is 0 Å². The van der Waals surface area contributed by atoms with Crippen molar-refractivity contribution in [1.29, 1.82) is 0 Å². The minimum Gasteiger partial charge on any atom is -0.303 e. The lowest BCUT2D eigenvalue weighted by Gasteiger charge is -2.33. The van der Waals surface area contributed by atoms with Gasteiger partial charge in [-0.25, -0.2) is 0 Å². The number of rotatable bonds is 14. The van der Waals surface area contributed by atoms with E-state index >= 15 is 0 Å². The molecule has 0 spiro atoms. The molecule has 3 unspecified atom stereocenters. The first-order valence-corrected chi connectivity index (χ1v) is 11.5. The van der Waals surface area contributed by atoms with Gasteiger partial charge in [-0.1, -0.05) is 65.0 Å². The first kappa shape index (κ1) is 23.4. The Labute approximate surface area is 163 Å². The number of carbonyl (C=O) groups excluding carboxylic acids is 1. The Hall–Kier alpha value is -0.630. The molecule has 0 aromatic heterocycles. The Morgan fingerprint density at radius 2 is 1.54 bits per heavy atom. The van der Waals surface area contributed by atoms with Crippen LogP contribution in [0.15, 0.2) is 12.2 Å². The summed E-state index contributed by atoms with van der Waals surface area (Å²) in [5.74, 6) is 0.956. The van der Waals surface area contributed by atoms with E-state index in [2.05, 4.69) is 37.8 Å². The zero-order chi connectivity index (χ0) is 19.0. The highest BCUT2D eigenvalue weighted by Gasteiger charge is 2.23. The Kier molecular flexibility index (Phi) is 13.9. The molecular weight excluding hydrogens is 318 g/mol. The SMILES string of the molecule is CCCCCC=CCCCC(C)CC(CC(C)C=O)N1CCCCCC1. The maximum Gasteiger partial charge on any atom is 0.122 e. The number of aldehydes is 1. The third-order valence-electron chi connectivity index (χ3n) is 5.92. The van der Waals surface area contributed by atoms with Crippen molar-refractivity contribution in [2.75, 3.05) is 13.1 Å². The van der Waals surface area contributed by atoms with Gasteiger partial charge in [0.1, 0.15) is 6.29 Å². The maximum absolute atomic E-state index is 11.2. The summed E-state index contributed by atoms with van der Waals surface area (Å²) in [6, 6.07) is 0.605. The molecule has 0 radical (unpaired) electrons. The van der Waals surface area contributed by atoms with E-state index in [0.717, 1.165) is 18.6 Å². The fourth-order valence-corrected chi connectivity index (χ4v) is 4.25. The molecule has 1 fully saturated rings. The fraction of sp³-hybridized carbons (Fsp3) is 0.875. The smallest absolute Gasteiger partial charge is 0.122 e. The van der Waals surface area contributed by atoms with Crippen LogP contribution >= 0.6 is 0 Å². The van der Waals surface area contributed by atoms with Crippen LogP contribution in [0.2, 0.25) is 0 Å². The largest absolute Gasteiger partial charge is 0.303 e. The summed E-state index contributed by atoms with van der Waals surface area (Å²) in [7, 11) is 0. The summed E-state index contributed by atoms with van der Waals surface area (Å²) in [6.07, 6.45) is 22.8. The first-order valence-electron chi connectivity index (χ1n) is 11.5. The molecule has 1 aliphatic heterocycles. The Balaban J connectivity index is 2.34. The molecule has 3 atom stereocenters. The number of hydrogen-bond acceptors (Lipinski definition) is 2. The number of hydrogen-bond donors (Lipinski definition) is 0. The molecule has 26 heavy (non-hydrogen) atoms. The van der Waals surface area contributed by atoms with Gasteiger partial charge in [0, 0.05) is 12.0 Å². The standard InChI is InChI=1S/C24H45NO/c1-4-5-6-7-8-9-10-13-16-22(2)19-24(20-23(3)21-26)25-17-14-11-12-15-18-25/h8-9,21-24H,4-7,10-20H2,1-3H3. The Morgan fingerprint density at radius 1 is 0.885 bits per heavy atom. The second kappa shape index (κ2) is 15.4. The topological polar surface area (TPSA) is 20.3 Å². The number of nitrogens with zero attached hydrogens (tertiary/aromatic N) is 1. The molecule has 2 heteroatoms. The molecule has 0 aromatic rings. The van der Waals surface area contributed by atoms with E-state index in [9.17, 15) is 4.79 Å². The van der Waals surface area contributed by atoms with E-state index in [0.29, 0.717) is 6.04 Å². The summed E-state index contributed by atoms with van der Waals surface area (Å²) in [5.41, 5.74) is 0. The summed E-state index contributed by atoms with van der Waals surface area (Å²) in [6.45, 7) is 9.25. The highest BCUT2D eigenvalue weighted by Crippen LogP contribution is 2.24. The van der Waals surface area contributed by atoms with Crippen LogP contribution in [0.3, 0.4) is 0 Å². The molecule has 0 aliphatic carbocycles. The fourth-order valence-electron chi connectivity index (χ4n) is 4.25. The van der Waals surface area contributed by atoms with E-state index in [4.69, 9.17) is 0 Å². The van der Waals surface area contributed by atoms with Crippen molar-refractivity contribution in [3.8, 4) is 0 Å². The van der Waals surface area contributed by atoms with Gasteiger partial charge in [0.15, 0.2) is 0 Å². The third kappa shape index (κ3) is 11.2. The predicted molar refractivity (Wildman–Crippen MR) is 115 cm³/mol. The lowest BCUT2D eigenvalue weighted by atomic mass is 9.90. The van der Waals surface area contributed by atoms with Crippen LogP contribution in [0.25, 0.3) is 0 Å². The van der Waals surface area contributed by atoms with Crippen molar-refractivity contribution in [3.05, 3.63) is 12.2 Å². The van der Waals surface area contributed by atoms with E-state index in [1.54, 1.807) is 0 Å². The van der Waals surface area contributed by atoms with Gasteiger partial charge in [0.05, 0.1) is 0 Å². The predicted octanol–water partition coefficient (Wildman–Crippen LogP) is 6.79. The van der Waals surface area contributed by atoms with Gasteiger partial charge in [0.25, 0.3) is 0 Å². The van der Waals surface area contributed by atoms with Gasteiger partial charge >= 0.3 is 0 Å². The molecule has 2 nitrogen and oxygen atoms in total. The third-order valence-corrected chi connectivity index (χ3v) is 5.92. The molecule has 1 aliphatic rings. The minimum atomic E-state index is 0.196. The Morgan fingerprint density at radius 3 is 2.15 bits per heavy atom. The van der Waals surface area contributed by atoms with Crippen LogP contribution in [0.5, 0.6) is 0 Å². The van der Waals surface area contributed by atoms with Crippen molar-refractivity contribution < 1.29 is 4.79 Å². The second-order valence-corrected chi connectivity index (χ2v) is 8.69. The van der Waals surface area contributed by atoms with Gasteiger partial charge in [-0.05, 0) is 70.4 Å². The van der Waals surface area contributed by atoms with Crippen molar-refractivity contribution >= 4 is 6.29 Å². The van der Waals surface area contributed by atoms with Gasteiger partial charge in [-0.3, -0.25) is 0 Å². The summed E-state index contributed by atoms with van der Waals surface area (Å²) < 4.78 is 0. The zero-order valence-electron chi connectivity index (χ0n) is 17.9. The molecule has 0 bridgehead atoms. The van der Waals surface area contributed by atoms with Crippen LogP contribution < -0.4 is 0 Å². The number of unbranched alkanes of at least 4 members (excludes halogenated alkanes) is 4. The normalized spacial score (nSPS) is 20.0. The van der Waals surface area contributed by atoms with Crippen molar-refractivity contribution in [2.45, 2.75) is 110 Å². The van der Waals surface area contributed by atoms with E-state index < -0.39 is 0 Å². The van der Waals surface area contributed by atoms with Crippen LogP contribution in [-0.2, 0) is 4.79 Å². The van der Waals surface area contributed by atoms with Crippen LogP contribution in [0.1, 0.15) is 104 Å². The summed E-state index contributed by atoms with van der Waals surface area (Å²) in [5, 5.41) is 0. The number of carbonyl (C=O) groups is 1. The maximum atomic E-state index is 11.2. The van der Waals surface area contributed by atoms with Crippen LogP contribution in [-0.4, -0.2) is 30.3 Å². The van der Waals surface area contributed by atoms with Crippen LogP contribution in [0, 0.1) is 11.8 Å². The monoisotopic (exact) mass is 363 g/mol. The molecule has 0 N–H and O–H groups in total. The van der Waals surface area contributed by atoms with Crippen molar-refractivity contribution in [2.24, 2.45) is 11.8 Å². The van der Waals surface area contributed by atoms with Gasteiger partial charge < -0.3 is 9.69 Å². The average Bonchev–Trinajstić information content (AvgIpc) is 2.92. The lowest BCUT2D eigenvalue weighted by Crippen LogP contribution is -2.38. The summed E-state index contributed by atoms with van der Waals surface area (Å²) in [4.78, 5) is 13.9. The highest BCUT2D eigenvalue weighted by atomic mass is 16.1. The quantitative estimate of drug-likeness (QED) is 0.192. The van der Waals surface area contributed by atoms with E-state index in [-0.39, 0.29) is 5.92 Å². The zero-order valence-corrected chi connectivity index (χ0v) is 17.9. The lowest BCUT2D eigenvalue weighted by molar-refractivity contribution is -0.111. The Bertz CT molecular complexity index is 357. The summed E-state index contributed by atoms with van der Waals surface area (Å²) >= 11 is 0. The molecule has 1 saturated heterocycles. The average molecular weight is 364 g/mol. The van der Waals surface area contributed by atoms with Gasteiger partial charge in [0.2, 0.25) is 0 Å².